The van der Waals surface area contributed by atoms with E-state index in [9.17, 15) is 14.4 Å². The van der Waals surface area contributed by atoms with Gasteiger partial charge in [-0.15, -0.1) is 0 Å². The summed E-state index contributed by atoms with van der Waals surface area (Å²) < 4.78 is 12.1. The number of fused-ring (bicyclic) bond motifs is 1. The van der Waals surface area contributed by atoms with Crippen molar-refractivity contribution in [2.45, 2.75) is 31.7 Å². The first kappa shape index (κ1) is 17.4. The van der Waals surface area contributed by atoms with Gasteiger partial charge in [0.15, 0.2) is 5.58 Å². The molecule has 134 valence electrons. The number of amides is 2. The predicted octanol–water partition coefficient (Wildman–Crippen LogP) is 0.480. The number of hydrogen-bond donors (Lipinski definition) is 2. The molecule has 8 heteroatoms. The lowest BCUT2D eigenvalue weighted by Gasteiger charge is -2.21. The van der Waals surface area contributed by atoms with Crippen LogP contribution in [0.4, 0.5) is 0 Å². The van der Waals surface area contributed by atoms with Gasteiger partial charge in [-0.05, 0) is 30.9 Å². The number of rotatable bonds is 7. The molecule has 1 atom stereocenters. The molecule has 1 aliphatic heterocycles. The number of benzene rings is 1. The number of imide groups is 1. The van der Waals surface area contributed by atoms with Gasteiger partial charge in [0.05, 0.1) is 12.1 Å². The van der Waals surface area contributed by atoms with Crippen molar-refractivity contribution in [1.82, 2.24) is 9.88 Å². The first-order chi connectivity index (χ1) is 12.1. The Kier molecular flexibility index (Phi) is 5.30. The molecule has 3 rings (SSSR count). The van der Waals surface area contributed by atoms with Gasteiger partial charge < -0.3 is 14.9 Å². The first-order valence-electron chi connectivity index (χ1n) is 8.36. The highest BCUT2D eigenvalue weighted by Gasteiger charge is 2.31. The zero-order chi connectivity index (χ0) is 17.8. The fourth-order valence-electron chi connectivity index (χ4n) is 3.08. The Morgan fingerprint density at radius 1 is 1.28 bits per heavy atom. The van der Waals surface area contributed by atoms with E-state index in [1.165, 1.54) is 4.57 Å². The summed E-state index contributed by atoms with van der Waals surface area (Å²) in [6.45, 7) is 1.58. The first-order valence-corrected chi connectivity index (χ1v) is 8.36. The summed E-state index contributed by atoms with van der Waals surface area (Å²) in [5, 5.41) is 2.27. The lowest BCUT2D eigenvalue weighted by Crippen LogP contribution is -2.43. The van der Waals surface area contributed by atoms with E-state index in [1.54, 1.807) is 6.07 Å². The number of oxazole rings is 1. The molecule has 8 nitrogen and oxygen atoms in total. The number of nitrogens with two attached hydrogens (primary N) is 1. The largest absolute Gasteiger partial charge is 0.420 e. The Labute approximate surface area is 143 Å². The minimum atomic E-state index is -0.727. The summed E-state index contributed by atoms with van der Waals surface area (Å²) in [7, 11) is 0. The second-order valence-corrected chi connectivity index (χ2v) is 5.97. The highest BCUT2D eigenvalue weighted by Crippen LogP contribution is 2.25. The molecule has 2 aromatic rings. The summed E-state index contributed by atoms with van der Waals surface area (Å²) >= 11 is 0. The minimum absolute atomic E-state index is 0.202. The smallest absolute Gasteiger partial charge is 0.407 e. The molecule has 1 aromatic heterocycles. The number of aromatic nitrogens is 1. The predicted molar refractivity (Wildman–Crippen MR) is 90.1 cm³/mol. The zero-order valence-electron chi connectivity index (χ0n) is 13.8. The van der Waals surface area contributed by atoms with Crippen LogP contribution in [0, 0.1) is 0 Å². The second kappa shape index (κ2) is 7.62. The molecular weight excluding hydrogens is 326 g/mol. The van der Waals surface area contributed by atoms with E-state index >= 15 is 0 Å². The van der Waals surface area contributed by atoms with Crippen LogP contribution in [0.2, 0.25) is 0 Å². The van der Waals surface area contributed by atoms with Crippen LogP contribution in [0.25, 0.3) is 11.1 Å². The van der Waals surface area contributed by atoms with Gasteiger partial charge in [0.25, 0.3) is 0 Å². The summed E-state index contributed by atoms with van der Waals surface area (Å²) in [6, 6.07) is 4.74. The molecule has 1 aliphatic rings. The average molecular weight is 347 g/mol. The standard InChI is InChI=1S/C17H21N3O5/c18-8-10-24-9-2-4-11-3-1-5-12-15(11)25-17(23)20(12)13-6-7-14(21)19-16(13)22/h1,3,5,13H,2,4,6-10,18H2,(H,19,21,22). The topological polar surface area (TPSA) is 117 Å². The second-order valence-electron chi connectivity index (χ2n) is 5.97. The van der Waals surface area contributed by atoms with Crippen molar-refractivity contribution in [1.29, 1.82) is 0 Å². The number of piperidine rings is 1. The number of nitrogens with zero attached hydrogens (tertiary/aromatic N) is 1. The van der Waals surface area contributed by atoms with E-state index in [-0.39, 0.29) is 18.7 Å². The van der Waals surface area contributed by atoms with Crippen LogP contribution < -0.4 is 16.8 Å². The van der Waals surface area contributed by atoms with Gasteiger partial charge in [-0.2, -0.15) is 0 Å². The number of nitrogens with one attached hydrogen (secondary N) is 1. The van der Waals surface area contributed by atoms with Crippen LogP contribution in [0.1, 0.15) is 30.9 Å². The molecule has 1 aromatic carbocycles. The number of ether oxygens (including phenoxy) is 1. The maximum atomic E-state index is 12.3. The Bertz CT molecular complexity index is 838. The molecule has 3 N–H and O–H groups in total. The molecule has 0 radical (unpaired) electrons. The Morgan fingerprint density at radius 2 is 2.12 bits per heavy atom. The number of para-hydroxylation sites is 1. The average Bonchev–Trinajstić information content (AvgIpc) is 2.92. The van der Waals surface area contributed by atoms with Gasteiger partial charge in [-0.25, -0.2) is 4.79 Å². The molecule has 1 saturated heterocycles. The van der Waals surface area contributed by atoms with Crippen LogP contribution in [-0.4, -0.2) is 36.1 Å². The minimum Gasteiger partial charge on any atom is -0.407 e. The van der Waals surface area contributed by atoms with Crippen LogP contribution >= 0.6 is 0 Å². The molecule has 1 fully saturated rings. The molecule has 0 saturated carbocycles. The zero-order valence-corrected chi connectivity index (χ0v) is 13.8. The molecule has 25 heavy (non-hydrogen) atoms. The normalized spacial score (nSPS) is 17.9. The molecular formula is C17H21N3O5. The highest BCUT2D eigenvalue weighted by molar-refractivity contribution is 6.00. The van der Waals surface area contributed by atoms with Crippen molar-refractivity contribution in [3.8, 4) is 0 Å². The van der Waals surface area contributed by atoms with Gasteiger partial charge in [0.2, 0.25) is 11.8 Å². The fourth-order valence-corrected chi connectivity index (χ4v) is 3.08. The van der Waals surface area contributed by atoms with Crippen molar-refractivity contribution in [3.63, 3.8) is 0 Å². The van der Waals surface area contributed by atoms with Crippen LogP contribution in [0.3, 0.4) is 0 Å². The lowest BCUT2D eigenvalue weighted by molar-refractivity contribution is -0.135. The lowest BCUT2D eigenvalue weighted by atomic mass is 10.0. The number of hydrogen-bond acceptors (Lipinski definition) is 6. The highest BCUT2D eigenvalue weighted by atomic mass is 16.5. The monoisotopic (exact) mass is 347 g/mol. The molecule has 0 bridgehead atoms. The summed E-state index contributed by atoms with van der Waals surface area (Å²) in [5.41, 5.74) is 7.31. The Morgan fingerprint density at radius 3 is 2.88 bits per heavy atom. The van der Waals surface area contributed by atoms with Crippen molar-refractivity contribution in [2.75, 3.05) is 19.8 Å². The number of carbonyl (C=O) groups excluding carboxylic acids is 2. The van der Waals surface area contributed by atoms with E-state index in [0.29, 0.717) is 37.3 Å². The summed E-state index contributed by atoms with van der Waals surface area (Å²) in [4.78, 5) is 35.7. The third kappa shape index (κ3) is 3.64. The molecule has 0 spiro atoms. The van der Waals surface area contributed by atoms with Crippen LogP contribution in [0.15, 0.2) is 27.4 Å². The molecule has 2 amide bonds. The molecule has 1 unspecified atom stereocenters. The Hall–Kier alpha value is -2.45. The van der Waals surface area contributed by atoms with E-state index in [1.807, 2.05) is 12.1 Å². The maximum Gasteiger partial charge on any atom is 0.420 e. The van der Waals surface area contributed by atoms with Crippen molar-refractivity contribution < 1.29 is 18.7 Å². The third-order valence-electron chi connectivity index (χ3n) is 4.24. The fraction of sp³-hybridized carbons (Fsp3) is 0.471. The van der Waals surface area contributed by atoms with E-state index < -0.39 is 17.7 Å². The van der Waals surface area contributed by atoms with Gasteiger partial charge in [0, 0.05) is 19.6 Å². The third-order valence-corrected chi connectivity index (χ3v) is 4.24. The van der Waals surface area contributed by atoms with Crippen LogP contribution in [-0.2, 0) is 20.7 Å². The quantitative estimate of drug-likeness (QED) is 0.556. The van der Waals surface area contributed by atoms with E-state index in [2.05, 4.69) is 5.32 Å². The Balaban J connectivity index is 1.85. The SMILES string of the molecule is NCCOCCCc1cccc2c1oc(=O)n2C1CCC(=O)NC1=O. The van der Waals surface area contributed by atoms with Gasteiger partial charge >= 0.3 is 5.76 Å². The van der Waals surface area contributed by atoms with Crippen molar-refractivity contribution >= 4 is 22.9 Å². The van der Waals surface area contributed by atoms with E-state index in [4.69, 9.17) is 14.9 Å². The van der Waals surface area contributed by atoms with Gasteiger partial charge in [-0.3, -0.25) is 19.5 Å². The van der Waals surface area contributed by atoms with Gasteiger partial charge in [-0.1, -0.05) is 12.1 Å². The van der Waals surface area contributed by atoms with Crippen molar-refractivity contribution in [2.24, 2.45) is 5.73 Å². The van der Waals surface area contributed by atoms with Gasteiger partial charge in [0.1, 0.15) is 6.04 Å². The van der Waals surface area contributed by atoms with E-state index in [0.717, 1.165) is 12.0 Å². The van der Waals surface area contributed by atoms with Crippen LogP contribution in [0.5, 0.6) is 0 Å². The number of aryl methyl sites for hydroxylation is 1. The number of carbonyl (C=O) groups is 2. The maximum absolute atomic E-state index is 12.3. The molecule has 0 aliphatic carbocycles. The summed E-state index contributed by atoms with van der Waals surface area (Å²) in [6.07, 6.45) is 1.95. The van der Waals surface area contributed by atoms with Crippen molar-refractivity contribution in [3.05, 3.63) is 34.3 Å². The molecule has 2 heterocycles. The summed E-state index contributed by atoms with van der Waals surface area (Å²) in [5.74, 6) is -1.38.